The molecule has 0 unspecified atom stereocenters. The van der Waals surface area contributed by atoms with Gasteiger partial charge in [0, 0.05) is 25.5 Å². The zero-order valence-electron chi connectivity index (χ0n) is 17.3. The van der Waals surface area contributed by atoms with E-state index in [0.717, 1.165) is 23.3 Å². The number of nitrogens with zero attached hydrogens (tertiary/aromatic N) is 2. The lowest BCUT2D eigenvalue weighted by molar-refractivity contribution is -0.117. The highest BCUT2D eigenvalue weighted by Gasteiger charge is 2.39. The van der Waals surface area contributed by atoms with E-state index in [1.54, 1.807) is 0 Å². The summed E-state index contributed by atoms with van der Waals surface area (Å²) in [6, 6.07) is 9.97. The Labute approximate surface area is 186 Å². The average molecular weight is 463 g/mol. The molecule has 0 saturated heterocycles. The molecule has 1 amide bonds. The normalized spacial score (nSPS) is 12.1. The standard InChI is InChI=1S/C21H21F4N7O/c22-14-4-3-7-29-17(14)11-30-20(33)13(19(26)21(23,24)25)10-27-8-9-28-12-18-31-15-5-1-2-6-16(15)32-18/h1-7,10,26-28H,8-9,11-12H2,(H,30,33)(H,31,32)/b13-10+,26-19?. The van der Waals surface area contributed by atoms with Gasteiger partial charge in [-0.2, -0.15) is 13.2 Å². The van der Waals surface area contributed by atoms with Crippen LogP contribution in [0.4, 0.5) is 17.6 Å². The van der Waals surface area contributed by atoms with E-state index in [0.29, 0.717) is 18.9 Å². The molecule has 0 saturated carbocycles. The number of alkyl halides is 3. The second kappa shape index (κ2) is 10.7. The SMILES string of the molecule is N=C(/C(=C\NCCNCc1nc2ccccc2[nH]1)C(=O)NCc1ncccc1F)C(F)(F)F. The molecule has 2 heterocycles. The Morgan fingerprint density at radius 1 is 1.12 bits per heavy atom. The first kappa shape index (κ1) is 23.9. The van der Waals surface area contributed by atoms with Crippen molar-refractivity contribution in [3.05, 3.63) is 71.7 Å². The number of hydrogen-bond acceptors (Lipinski definition) is 6. The third kappa shape index (κ3) is 6.59. The summed E-state index contributed by atoms with van der Waals surface area (Å²) in [4.78, 5) is 23.5. The topological polar surface area (TPSA) is 119 Å². The summed E-state index contributed by atoms with van der Waals surface area (Å²) in [5.74, 6) is -1.18. The van der Waals surface area contributed by atoms with Crippen LogP contribution in [-0.4, -0.2) is 45.8 Å². The van der Waals surface area contributed by atoms with E-state index < -0.39 is 35.7 Å². The summed E-state index contributed by atoms with van der Waals surface area (Å²) >= 11 is 0. The van der Waals surface area contributed by atoms with Crippen LogP contribution in [0, 0.1) is 11.2 Å². The summed E-state index contributed by atoms with van der Waals surface area (Å²) in [6.45, 7) is 0.506. The molecule has 33 heavy (non-hydrogen) atoms. The summed E-state index contributed by atoms with van der Waals surface area (Å²) in [5.41, 5.74) is -1.16. The van der Waals surface area contributed by atoms with Crippen LogP contribution in [0.2, 0.25) is 0 Å². The van der Waals surface area contributed by atoms with Crippen molar-refractivity contribution in [3.63, 3.8) is 0 Å². The van der Waals surface area contributed by atoms with E-state index in [1.807, 2.05) is 24.3 Å². The maximum atomic E-state index is 13.6. The van der Waals surface area contributed by atoms with E-state index in [-0.39, 0.29) is 12.2 Å². The molecule has 12 heteroatoms. The molecule has 174 valence electrons. The van der Waals surface area contributed by atoms with Crippen LogP contribution in [0.5, 0.6) is 0 Å². The van der Waals surface area contributed by atoms with Gasteiger partial charge in [-0.3, -0.25) is 15.2 Å². The average Bonchev–Trinajstić information content (AvgIpc) is 3.19. The molecule has 0 atom stereocenters. The fraction of sp³-hybridized carbons (Fsp3) is 0.238. The van der Waals surface area contributed by atoms with Crippen molar-refractivity contribution in [2.75, 3.05) is 13.1 Å². The highest BCUT2D eigenvalue weighted by atomic mass is 19.4. The van der Waals surface area contributed by atoms with Crippen LogP contribution in [-0.2, 0) is 17.9 Å². The Balaban J connectivity index is 1.53. The van der Waals surface area contributed by atoms with Gasteiger partial charge in [0.2, 0.25) is 0 Å². The first-order chi connectivity index (χ1) is 15.8. The number of aromatic nitrogens is 3. The fourth-order valence-corrected chi connectivity index (χ4v) is 2.84. The van der Waals surface area contributed by atoms with E-state index in [2.05, 4.69) is 30.9 Å². The maximum absolute atomic E-state index is 13.6. The van der Waals surface area contributed by atoms with Gasteiger partial charge in [-0.15, -0.1) is 0 Å². The van der Waals surface area contributed by atoms with Crippen LogP contribution in [0.15, 0.2) is 54.4 Å². The molecule has 0 spiro atoms. The molecular formula is C21H21F4N7O. The largest absolute Gasteiger partial charge is 0.433 e. The second-order valence-corrected chi connectivity index (χ2v) is 6.88. The number of nitrogens with one attached hydrogen (secondary N) is 5. The van der Waals surface area contributed by atoms with Crippen molar-refractivity contribution >= 4 is 22.7 Å². The number of aromatic amines is 1. The number of imidazole rings is 1. The Bertz CT molecular complexity index is 1120. The van der Waals surface area contributed by atoms with Gasteiger partial charge in [0.05, 0.1) is 35.4 Å². The van der Waals surface area contributed by atoms with Gasteiger partial charge in [0.25, 0.3) is 5.91 Å². The number of carbonyl (C=O) groups excluding carboxylic acids is 1. The smallest absolute Gasteiger partial charge is 0.389 e. The van der Waals surface area contributed by atoms with Gasteiger partial charge >= 0.3 is 6.18 Å². The van der Waals surface area contributed by atoms with Gasteiger partial charge in [-0.25, -0.2) is 9.37 Å². The number of rotatable bonds is 10. The van der Waals surface area contributed by atoms with Crippen molar-refractivity contribution in [1.82, 2.24) is 30.9 Å². The summed E-state index contributed by atoms with van der Waals surface area (Å²) < 4.78 is 52.7. The van der Waals surface area contributed by atoms with Crippen LogP contribution in [0.1, 0.15) is 11.5 Å². The Hall–Kier alpha value is -3.80. The zero-order valence-corrected chi connectivity index (χ0v) is 17.3. The fourth-order valence-electron chi connectivity index (χ4n) is 2.84. The molecule has 0 aliphatic rings. The molecule has 8 nitrogen and oxygen atoms in total. The minimum absolute atomic E-state index is 0.133. The van der Waals surface area contributed by atoms with Gasteiger partial charge in [0.1, 0.15) is 17.4 Å². The Kier molecular flexibility index (Phi) is 7.72. The monoisotopic (exact) mass is 463 g/mol. The molecular weight excluding hydrogens is 442 g/mol. The molecule has 0 bridgehead atoms. The highest BCUT2D eigenvalue weighted by Crippen LogP contribution is 2.21. The molecule has 3 aromatic rings. The number of benzene rings is 1. The van der Waals surface area contributed by atoms with Crippen molar-refractivity contribution in [3.8, 4) is 0 Å². The van der Waals surface area contributed by atoms with Crippen molar-refractivity contribution in [1.29, 1.82) is 5.41 Å². The quantitative estimate of drug-likeness (QED) is 0.137. The number of amides is 1. The molecule has 0 aliphatic heterocycles. The Morgan fingerprint density at radius 2 is 1.91 bits per heavy atom. The van der Waals surface area contributed by atoms with Gasteiger partial charge in [-0.1, -0.05) is 12.1 Å². The summed E-state index contributed by atoms with van der Waals surface area (Å²) in [6.07, 6.45) is -2.91. The predicted octanol–water partition coefficient (Wildman–Crippen LogP) is 2.56. The minimum atomic E-state index is -5.03. The first-order valence-electron chi connectivity index (χ1n) is 9.87. The molecule has 0 fully saturated rings. The van der Waals surface area contributed by atoms with E-state index >= 15 is 0 Å². The van der Waals surface area contributed by atoms with Crippen molar-refractivity contribution in [2.24, 2.45) is 0 Å². The number of halogens is 4. The third-order valence-corrected chi connectivity index (χ3v) is 4.47. The van der Waals surface area contributed by atoms with Gasteiger partial charge in [0.15, 0.2) is 0 Å². The zero-order chi connectivity index (χ0) is 23.8. The van der Waals surface area contributed by atoms with Crippen LogP contribution < -0.4 is 16.0 Å². The number of pyridine rings is 1. The molecule has 0 radical (unpaired) electrons. The minimum Gasteiger partial charge on any atom is -0.389 e. The van der Waals surface area contributed by atoms with Gasteiger partial charge < -0.3 is 20.9 Å². The van der Waals surface area contributed by atoms with Crippen molar-refractivity contribution in [2.45, 2.75) is 19.3 Å². The summed E-state index contributed by atoms with van der Waals surface area (Å²) in [7, 11) is 0. The number of fused-ring (bicyclic) bond motifs is 1. The third-order valence-electron chi connectivity index (χ3n) is 4.47. The molecule has 0 aliphatic carbocycles. The van der Waals surface area contributed by atoms with E-state index in [4.69, 9.17) is 5.41 Å². The molecule has 2 aromatic heterocycles. The predicted molar refractivity (Wildman–Crippen MR) is 114 cm³/mol. The lowest BCUT2D eigenvalue weighted by atomic mass is 10.1. The Morgan fingerprint density at radius 3 is 2.64 bits per heavy atom. The number of hydrogen-bond donors (Lipinski definition) is 5. The molecule has 3 rings (SSSR count). The molecule has 1 aromatic carbocycles. The first-order valence-corrected chi connectivity index (χ1v) is 9.87. The van der Waals surface area contributed by atoms with Crippen LogP contribution in [0.25, 0.3) is 11.0 Å². The number of H-pyrrole nitrogens is 1. The highest BCUT2D eigenvalue weighted by molar-refractivity contribution is 6.22. The number of para-hydroxylation sites is 2. The van der Waals surface area contributed by atoms with Crippen LogP contribution in [0.3, 0.4) is 0 Å². The number of carbonyl (C=O) groups is 1. The summed E-state index contributed by atoms with van der Waals surface area (Å²) in [5, 5.41) is 15.1. The second-order valence-electron chi connectivity index (χ2n) is 6.88. The maximum Gasteiger partial charge on any atom is 0.433 e. The lowest BCUT2D eigenvalue weighted by Crippen LogP contribution is -2.36. The van der Waals surface area contributed by atoms with Crippen molar-refractivity contribution < 1.29 is 22.4 Å². The van der Waals surface area contributed by atoms with E-state index in [9.17, 15) is 22.4 Å². The molecule has 5 N–H and O–H groups in total. The van der Waals surface area contributed by atoms with E-state index in [1.165, 1.54) is 12.3 Å². The lowest BCUT2D eigenvalue weighted by Gasteiger charge is -2.13. The van der Waals surface area contributed by atoms with Gasteiger partial charge in [-0.05, 0) is 24.3 Å². The van der Waals surface area contributed by atoms with Crippen LogP contribution >= 0.6 is 0 Å².